The van der Waals surface area contributed by atoms with Gasteiger partial charge in [-0.25, -0.2) is 0 Å². The van der Waals surface area contributed by atoms with Crippen LogP contribution in [0.5, 0.6) is 0 Å². The van der Waals surface area contributed by atoms with E-state index in [4.69, 9.17) is 4.74 Å². The van der Waals surface area contributed by atoms with Crippen molar-refractivity contribution in [2.75, 3.05) is 19.7 Å². The predicted octanol–water partition coefficient (Wildman–Crippen LogP) is 0.280. The van der Waals surface area contributed by atoms with Gasteiger partial charge >= 0.3 is 0 Å². The zero-order valence-electron chi connectivity index (χ0n) is 9.22. The van der Waals surface area contributed by atoms with Crippen LogP contribution in [0.25, 0.3) is 0 Å². The summed E-state index contributed by atoms with van der Waals surface area (Å²) >= 11 is 0. The third-order valence-electron chi connectivity index (χ3n) is 2.06. The molecule has 0 saturated carbocycles. The van der Waals surface area contributed by atoms with Crippen LogP contribution in [0.15, 0.2) is 0 Å². The minimum absolute atomic E-state index is 0.0198. The van der Waals surface area contributed by atoms with Crippen LogP contribution in [0.3, 0.4) is 0 Å². The van der Waals surface area contributed by atoms with Crippen molar-refractivity contribution in [2.24, 2.45) is 0 Å². The molecule has 14 heavy (non-hydrogen) atoms. The molecule has 1 heterocycles. The molecule has 0 aliphatic carbocycles. The Morgan fingerprint density at radius 3 is 2.79 bits per heavy atom. The number of hydrogen-bond acceptors (Lipinski definition) is 3. The number of rotatable bonds is 3. The van der Waals surface area contributed by atoms with Crippen molar-refractivity contribution < 1.29 is 9.53 Å². The Balaban J connectivity index is 2.15. The Morgan fingerprint density at radius 2 is 2.29 bits per heavy atom. The fourth-order valence-electron chi connectivity index (χ4n) is 1.33. The van der Waals surface area contributed by atoms with E-state index >= 15 is 0 Å². The number of amides is 1. The first-order valence-corrected chi connectivity index (χ1v) is 5.11. The van der Waals surface area contributed by atoms with E-state index in [1.165, 1.54) is 0 Å². The average molecular weight is 200 g/mol. The highest BCUT2D eigenvalue weighted by Gasteiger charge is 2.18. The summed E-state index contributed by atoms with van der Waals surface area (Å²) in [7, 11) is 0. The molecule has 0 bridgehead atoms. The number of carbonyl (C=O) groups is 1. The second-order valence-electron chi connectivity index (χ2n) is 4.66. The molecule has 1 saturated heterocycles. The molecule has 0 radical (unpaired) electrons. The molecule has 0 aromatic heterocycles. The first kappa shape index (κ1) is 11.5. The first-order valence-electron chi connectivity index (χ1n) is 5.11. The second-order valence-corrected chi connectivity index (χ2v) is 4.66. The van der Waals surface area contributed by atoms with Gasteiger partial charge in [0.05, 0.1) is 5.60 Å². The van der Waals surface area contributed by atoms with E-state index in [1.54, 1.807) is 0 Å². The molecule has 0 aromatic rings. The predicted molar refractivity (Wildman–Crippen MR) is 55.1 cm³/mol. The Kier molecular flexibility index (Phi) is 3.89. The third kappa shape index (κ3) is 4.58. The van der Waals surface area contributed by atoms with Gasteiger partial charge in [-0.1, -0.05) is 0 Å². The number of hydrogen-bond donors (Lipinski definition) is 2. The fourth-order valence-corrected chi connectivity index (χ4v) is 1.33. The van der Waals surface area contributed by atoms with Gasteiger partial charge in [-0.3, -0.25) is 4.79 Å². The van der Waals surface area contributed by atoms with Crippen LogP contribution < -0.4 is 10.6 Å². The van der Waals surface area contributed by atoms with Crippen molar-refractivity contribution in [3.8, 4) is 0 Å². The summed E-state index contributed by atoms with van der Waals surface area (Å²) < 4.78 is 5.37. The number of carbonyl (C=O) groups excluding carboxylic acids is 1. The summed E-state index contributed by atoms with van der Waals surface area (Å²) in [4.78, 5) is 11.4. The van der Waals surface area contributed by atoms with Gasteiger partial charge in [0.2, 0.25) is 5.91 Å². The van der Waals surface area contributed by atoms with Gasteiger partial charge in [0.1, 0.15) is 6.61 Å². The molecule has 1 aliphatic heterocycles. The van der Waals surface area contributed by atoms with Crippen LogP contribution in [0.1, 0.15) is 27.2 Å². The highest BCUT2D eigenvalue weighted by atomic mass is 16.5. The van der Waals surface area contributed by atoms with Crippen LogP contribution in [-0.4, -0.2) is 37.2 Å². The third-order valence-corrected chi connectivity index (χ3v) is 2.06. The molecule has 1 amide bonds. The minimum Gasteiger partial charge on any atom is -0.366 e. The van der Waals surface area contributed by atoms with Crippen molar-refractivity contribution in [2.45, 2.75) is 38.8 Å². The highest BCUT2D eigenvalue weighted by Crippen LogP contribution is 2.06. The summed E-state index contributed by atoms with van der Waals surface area (Å²) in [5.74, 6) is -0.0198. The van der Waals surface area contributed by atoms with Gasteiger partial charge in [0.25, 0.3) is 0 Å². The van der Waals surface area contributed by atoms with Gasteiger partial charge in [-0.15, -0.1) is 0 Å². The highest BCUT2D eigenvalue weighted by molar-refractivity contribution is 5.77. The zero-order chi connectivity index (χ0) is 10.6. The lowest BCUT2D eigenvalue weighted by Gasteiger charge is -2.20. The van der Waals surface area contributed by atoms with Crippen molar-refractivity contribution in [3.05, 3.63) is 0 Å². The molecular formula is C10H20N2O2. The van der Waals surface area contributed by atoms with E-state index in [9.17, 15) is 4.79 Å². The van der Waals surface area contributed by atoms with Gasteiger partial charge in [0, 0.05) is 12.6 Å². The molecule has 1 atom stereocenters. The van der Waals surface area contributed by atoms with Gasteiger partial charge < -0.3 is 15.4 Å². The Labute approximate surface area is 85.4 Å². The Bertz CT molecular complexity index is 193. The molecule has 2 N–H and O–H groups in total. The lowest BCUT2D eigenvalue weighted by molar-refractivity contribution is -0.131. The minimum atomic E-state index is -0.245. The Morgan fingerprint density at radius 1 is 1.57 bits per heavy atom. The summed E-state index contributed by atoms with van der Waals surface area (Å²) in [6.07, 6.45) is 1.02. The number of nitrogens with one attached hydrogen (secondary N) is 2. The molecule has 0 spiro atoms. The molecule has 1 unspecified atom stereocenters. The molecule has 4 nitrogen and oxygen atoms in total. The lowest BCUT2D eigenvalue weighted by Crippen LogP contribution is -2.39. The molecule has 1 aliphatic rings. The van der Waals surface area contributed by atoms with Crippen molar-refractivity contribution >= 4 is 5.91 Å². The molecule has 4 heteroatoms. The van der Waals surface area contributed by atoms with E-state index in [0.717, 1.165) is 19.5 Å². The van der Waals surface area contributed by atoms with Gasteiger partial charge in [-0.05, 0) is 33.7 Å². The van der Waals surface area contributed by atoms with Crippen molar-refractivity contribution in [1.29, 1.82) is 0 Å². The maximum absolute atomic E-state index is 11.4. The van der Waals surface area contributed by atoms with Crippen LogP contribution in [-0.2, 0) is 9.53 Å². The Hall–Kier alpha value is -0.610. The zero-order valence-corrected chi connectivity index (χ0v) is 9.22. The summed E-state index contributed by atoms with van der Waals surface area (Å²) in [6.45, 7) is 7.85. The molecular weight excluding hydrogens is 180 g/mol. The normalized spacial score (nSPS) is 22.4. The van der Waals surface area contributed by atoms with E-state index in [-0.39, 0.29) is 24.2 Å². The topological polar surface area (TPSA) is 50.4 Å². The van der Waals surface area contributed by atoms with E-state index in [1.807, 2.05) is 20.8 Å². The molecule has 1 rings (SSSR count). The van der Waals surface area contributed by atoms with Crippen LogP contribution in [0.4, 0.5) is 0 Å². The molecule has 1 fully saturated rings. The lowest BCUT2D eigenvalue weighted by atomic mass is 10.2. The van der Waals surface area contributed by atoms with E-state index in [2.05, 4.69) is 10.6 Å². The average Bonchev–Trinajstić information content (AvgIpc) is 2.52. The summed E-state index contributed by atoms with van der Waals surface area (Å²) in [6, 6.07) is 0.283. The molecule has 0 aromatic carbocycles. The summed E-state index contributed by atoms with van der Waals surface area (Å²) in [5.41, 5.74) is -0.245. The van der Waals surface area contributed by atoms with E-state index in [0.29, 0.717) is 0 Å². The van der Waals surface area contributed by atoms with Crippen LogP contribution in [0.2, 0.25) is 0 Å². The second kappa shape index (κ2) is 4.75. The maximum atomic E-state index is 11.4. The summed E-state index contributed by atoms with van der Waals surface area (Å²) in [5, 5.41) is 6.12. The fraction of sp³-hybridized carbons (Fsp3) is 0.900. The van der Waals surface area contributed by atoms with Crippen LogP contribution in [0, 0.1) is 0 Å². The maximum Gasteiger partial charge on any atom is 0.246 e. The van der Waals surface area contributed by atoms with Gasteiger partial charge in [-0.2, -0.15) is 0 Å². The first-order chi connectivity index (χ1) is 6.47. The number of ether oxygens (including phenoxy) is 1. The van der Waals surface area contributed by atoms with Crippen LogP contribution >= 0.6 is 0 Å². The molecule has 82 valence electrons. The standard InChI is InChI=1S/C10H20N2O2/c1-10(2,3)14-7-9(13)12-8-4-5-11-6-8/h8,11H,4-7H2,1-3H3,(H,12,13). The largest absolute Gasteiger partial charge is 0.366 e. The van der Waals surface area contributed by atoms with Crippen molar-refractivity contribution in [3.63, 3.8) is 0 Å². The monoisotopic (exact) mass is 200 g/mol. The van der Waals surface area contributed by atoms with Gasteiger partial charge in [0.15, 0.2) is 0 Å². The SMILES string of the molecule is CC(C)(C)OCC(=O)NC1CCNC1. The quantitative estimate of drug-likeness (QED) is 0.688. The van der Waals surface area contributed by atoms with Crippen molar-refractivity contribution in [1.82, 2.24) is 10.6 Å². The van der Waals surface area contributed by atoms with E-state index < -0.39 is 0 Å². The smallest absolute Gasteiger partial charge is 0.246 e.